The fourth-order valence-corrected chi connectivity index (χ4v) is 4.12. The van der Waals surface area contributed by atoms with Gasteiger partial charge in [-0.25, -0.2) is 4.79 Å². The molecular weight excluding hydrogens is 330 g/mol. The second-order valence-corrected chi connectivity index (χ2v) is 8.94. The van der Waals surface area contributed by atoms with Gasteiger partial charge in [-0.1, -0.05) is 38.5 Å². The quantitative estimate of drug-likeness (QED) is 0.841. The van der Waals surface area contributed by atoms with Crippen molar-refractivity contribution in [3.63, 3.8) is 0 Å². The Kier molecular flexibility index (Phi) is 5.25. The van der Waals surface area contributed by atoms with Crippen LogP contribution in [-0.4, -0.2) is 43.2 Å². The van der Waals surface area contributed by atoms with Gasteiger partial charge in [-0.15, -0.1) is 0 Å². The summed E-state index contributed by atoms with van der Waals surface area (Å²) in [4.78, 5) is 12.9. The lowest BCUT2D eigenvalue weighted by molar-refractivity contribution is 0.0152. The Morgan fingerprint density at radius 1 is 1.25 bits per heavy atom. The van der Waals surface area contributed by atoms with Crippen LogP contribution in [0.1, 0.15) is 39.2 Å². The van der Waals surface area contributed by atoms with Gasteiger partial charge in [0, 0.05) is 12.6 Å². The molecule has 134 valence electrons. The maximum absolute atomic E-state index is 12.4. The van der Waals surface area contributed by atoms with Crippen LogP contribution in [0.2, 0.25) is 0 Å². The van der Waals surface area contributed by atoms with E-state index in [1.54, 1.807) is 12.1 Å². The average molecular weight is 355 g/mol. The van der Waals surface area contributed by atoms with E-state index >= 15 is 0 Å². The van der Waals surface area contributed by atoms with E-state index in [1.807, 2.05) is 27.7 Å². The SMILES string of the molecule is Cc1ccc(S(=O)(=O)OC2CCN(C(=O)O)C(C(C)(C)C)C2)cc1. The summed E-state index contributed by atoms with van der Waals surface area (Å²) in [5.41, 5.74) is 0.671. The minimum absolute atomic E-state index is 0.126. The number of piperidine rings is 1. The van der Waals surface area contributed by atoms with E-state index in [2.05, 4.69) is 0 Å². The van der Waals surface area contributed by atoms with Crippen LogP contribution in [0.15, 0.2) is 29.2 Å². The van der Waals surface area contributed by atoms with Gasteiger partial charge >= 0.3 is 6.09 Å². The number of aryl methyl sites for hydroxylation is 1. The van der Waals surface area contributed by atoms with E-state index in [9.17, 15) is 18.3 Å². The number of carbonyl (C=O) groups is 1. The van der Waals surface area contributed by atoms with Crippen LogP contribution in [0.4, 0.5) is 4.79 Å². The summed E-state index contributed by atoms with van der Waals surface area (Å²) in [6, 6.07) is 6.21. The molecule has 0 radical (unpaired) electrons. The number of benzene rings is 1. The zero-order valence-corrected chi connectivity index (χ0v) is 15.3. The van der Waals surface area contributed by atoms with Crippen molar-refractivity contribution in [3.05, 3.63) is 29.8 Å². The Morgan fingerprint density at radius 2 is 1.83 bits per heavy atom. The molecule has 1 saturated heterocycles. The molecule has 6 nitrogen and oxygen atoms in total. The van der Waals surface area contributed by atoms with Crippen LogP contribution in [0.25, 0.3) is 0 Å². The molecule has 24 heavy (non-hydrogen) atoms. The summed E-state index contributed by atoms with van der Waals surface area (Å²) >= 11 is 0. The predicted molar refractivity (Wildman–Crippen MR) is 90.4 cm³/mol. The van der Waals surface area contributed by atoms with Gasteiger partial charge in [0.2, 0.25) is 0 Å². The van der Waals surface area contributed by atoms with Crippen molar-refractivity contribution < 1.29 is 22.5 Å². The molecule has 0 aromatic heterocycles. The van der Waals surface area contributed by atoms with Crippen molar-refractivity contribution in [1.29, 1.82) is 0 Å². The van der Waals surface area contributed by atoms with Crippen LogP contribution in [0, 0.1) is 12.3 Å². The third-order valence-corrected chi connectivity index (χ3v) is 5.75. The van der Waals surface area contributed by atoms with Gasteiger partial charge in [0.1, 0.15) is 0 Å². The lowest BCUT2D eigenvalue weighted by Crippen LogP contribution is -2.53. The van der Waals surface area contributed by atoms with Crippen LogP contribution >= 0.6 is 0 Å². The highest BCUT2D eigenvalue weighted by atomic mass is 32.2. The van der Waals surface area contributed by atoms with E-state index in [-0.39, 0.29) is 22.9 Å². The molecule has 1 aromatic rings. The van der Waals surface area contributed by atoms with Crippen molar-refractivity contribution in [2.75, 3.05) is 6.54 Å². The first-order valence-corrected chi connectivity index (χ1v) is 9.41. The molecular formula is C17H25NO5S. The van der Waals surface area contributed by atoms with E-state index in [1.165, 1.54) is 17.0 Å². The molecule has 1 fully saturated rings. The molecule has 2 rings (SSSR count). The van der Waals surface area contributed by atoms with Crippen LogP contribution < -0.4 is 0 Å². The highest BCUT2D eigenvalue weighted by Gasteiger charge is 2.40. The molecule has 2 unspecified atom stereocenters. The number of hydrogen-bond acceptors (Lipinski definition) is 4. The summed E-state index contributed by atoms with van der Waals surface area (Å²) in [6.07, 6.45) is -0.767. The Hall–Kier alpha value is -1.60. The second-order valence-electron chi connectivity index (χ2n) is 7.37. The lowest BCUT2D eigenvalue weighted by atomic mass is 9.80. The first-order chi connectivity index (χ1) is 11.0. The van der Waals surface area contributed by atoms with Crippen molar-refractivity contribution in [2.24, 2.45) is 5.41 Å². The summed E-state index contributed by atoms with van der Waals surface area (Å²) in [6.45, 7) is 8.00. The van der Waals surface area contributed by atoms with E-state index in [0.29, 0.717) is 12.8 Å². The van der Waals surface area contributed by atoms with E-state index in [0.717, 1.165) is 5.56 Å². The monoisotopic (exact) mass is 355 g/mol. The van der Waals surface area contributed by atoms with Crippen molar-refractivity contribution in [2.45, 2.75) is 57.6 Å². The average Bonchev–Trinajstić information content (AvgIpc) is 2.46. The smallest absolute Gasteiger partial charge is 0.407 e. The molecule has 1 amide bonds. The standard InChI is InChI=1S/C17H25NO5S/c1-12-5-7-14(8-6-12)24(21,22)23-13-9-10-18(16(19)20)15(11-13)17(2,3)4/h5-8,13,15H,9-11H2,1-4H3,(H,19,20). The van der Waals surface area contributed by atoms with Crippen LogP contribution in [0.3, 0.4) is 0 Å². The molecule has 1 aliphatic rings. The highest BCUT2D eigenvalue weighted by molar-refractivity contribution is 7.86. The number of amides is 1. The minimum Gasteiger partial charge on any atom is -0.465 e. The molecule has 1 aliphatic heterocycles. The summed E-state index contributed by atoms with van der Waals surface area (Å²) in [7, 11) is -3.85. The minimum atomic E-state index is -3.85. The number of nitrogens with zero attached hydrogens (tertiary/aromatic N) is 1. The van der Waals surface area contributed by atoms with Crippen LogP contribution in [0.5, 0.6) is 0 Å². The van der Waals surface area contributed by atoms with Gasteiger partial charge in [0.15, 0.2) is 0 Å². The highest BCUT2D eigenvalue weighted by Crippen LogP contribution is 2.34. The number of carboxylic acid groups (broad SMARTS) is 1. The predicted octanol–water partition coefficient (Wildman–Crippen LogP) is 3.26. The number of hydrogen-bond donors (Lipinski definition) is 1. The Bertz CT molecular complexity index is 691. The molecule has 0 spiro atoms. The zero-order valence-electron chi connectivity index (χ0n) is 14.5. The Morgan fingerprint density at radius 3 is 2.33 bits per heavy atom. The molecule has 1 N–H and O–H groups in total. The maximum Gasteiger partial charge on any atom is 0.407 e. The van der Waals surface area contributed by atoms with Crippen molar-refractivity contribution >= 4 is 16.2 Å². The summed E-state index contributed by atoms with van der Waals surface area (Å²) < 4.78 is 30.3. The zero-order chi connectivity index (χ0) is 18.1. The first kappa shape index (κ1) is 18.7. The number of likely N-dealkylation sites (tertiary alicyclic amines) is 1. The molecule has 7 heteroatoms. The fourth-order valence-electron chi connectivity index (χ4n) is 3.01. The first-order valence-electron chi connectivity index (χ1n) is 8.00. The molecule has 0 saturated carbocycles. The summed E-state index contributed by atoms with van der Waals surface area (Å²) in [5.74, 6) is 0. The number of rotatable bonds is 3. The molecule has 1 heterocycles. The largest absolute Gasteiger partial charge is 0.465 e. The topological polar surface area (TPSA) is 83.9 Å². The van der Waals surface area contributed by atoms with Gasteiger partial charge in [-0.2, -0.15) is 8.42 Å². The van der Waals surface area contributed by atoms with Gasteiger partial charge in [-0.3, -0.25) is 4.18 Å². The molecule has 2 atom stereocenters. The van der Waals surface area contributed by atoms with Crippen molar-refractivity contribution in [1.82, 2.24) is 4.90 Å². The van der Waals surface area contributed by atoms with Crippen LogP contribution in [-0.2, 0) is 14.3 Å². The van der Waals surface area contributed by atoms with Gasteiger partial charge in [0.25, 0.3) is 10.1 Å². The molecule has 1 aromatic carbocycles. The third-order valence-electron chi connectivity index (χ3n) is 4.37. The second kappa shape index (κ2) is 6.72. The summed E-state index contributed by atoms with van der Waals surface area (Å²) in [5, 5.41) is 9.36. The van der Waals surface area contributed by atoms with Gasteiger partial charge in [0.05, 0.1) is 11.0 Å². The Labute approximate surface area is 143 Å². The van der Waals surface area contributed by atoms with E-state index in [4.69, 9.17) is 4.18 Å². The molecule has 0 aliphatic carbocycles. The van der Waals surface area contributed by atoms with Crippen molar-refractivity contribution in [3.8, 4) is 0 Å². The molecule has 0 bridgehead atoms. The lowest BCUT2D eigenvalue weighted by Gasteiger charge is -2.44. The Balaban J connectivity index is 2.16. The maximum atomic E-state index is 12.4. The van der Waals surface area contributed by atoms with Gasteiger partial charge < -0.3 is 10.0 Å². The van der Waals surface area contributed by atoms with Gasteiger partial charge in [-0.05, 0) is 37.3 Å². The fraction of sp³-hybridized carbons (Fsp3) is 0.588. The normalized spacial score (nSPS) is 22.4. The third kappa shape index (κ3) is 4.27. The van der Waals surface area contributed by atoms with E-state index < -0.39 is 22.3 Å².